The maximum absolute atomic E-state index is 12.0. The molecule has 0 saturated heterocycles. The molecule has 0 fully saturated rings. The van der Waals surface area contributed by atoms with Gasteiger partial charge < -0.3 is 0 Å². The average molecular weight is 307 g/mol. The van der Waals surface area contributed by atoms with Gasteiger partial charge in [-0.15, -0.1) is 0 Å². The Kier molecular flexibility index (Phi) is 4.02. The first-order valence-electron chi connectivity index (χ1n) is 5.19. The normalized spacial score (nSPS) is 10.2. The fourth-order valence-electron chi connectivity index (χ4n) is 1.50. The van der Waals surface area contributed by atoms with E-state index >= 15 is 0 Å². The number of benzene rings is 2. The van der Waals surface area contributed by atoms with Gasteiger partial charge in [-0.1, -0.05) is 46.3 Å². The van der Waals surface area contributed by atoms with Crippen LogP contribution in [0.15, 0.2) is 57.9 Å². The molecule has 0 amide bonds. The zero-order valence-corrected chi connectivity index (χ0v) is 11.7. The molecule has 0 aliphatic carbocycles. The van der Waals surface area contributed by atoms with Gasteiger partial charge in [0.05, 0.1) is 0 Å². The smallest absolute Gasteiger partial charge is 0.224 e. The number of halogens is 1. The lowest BCUT2D eigenvalue weighted by Gasteiger charge is -2.03. The standard InChI is InChI=1S/C14H11BrOS/c1-10-7-12(15)9-13(8-10)17-14(16)11-5-3-2-4-6-11/h2-9H,1H3. The molecule has 0 aromatic heterocycles. The van der Waals surface area contributed by atoms with Gasteiger partial charge in [-0.05, 0) is 42.4 Å². The highest BCUT2D eigenvalue weighted by atomic mass is 79.9. The van der Waals surface area contributed by atoms with Gasteiger partial charge in [-0.3, -0.25) is 4.79 Å². The summed E-state index contributed by atoms with van der Waals surface area (Å²) in [4.78, 5) is 12.9. The predicted molar refractivity (Wildman–Crippen MR) is 75.5 cm³/mol. The Hall–Kier alpha value is -1.06. The molecule has 1 nitrogen and oxygen atoms in total. The Morgan fingerprint density at radius 1 is 1.12 bits per heavy atom. The lowest BCUT2D eigenvalue weighted by atomic mass is 10.2. The topological polar surface area (TPSA) is 17.1 Å². The zero-order chi connectivity index (χ0) is 12.3. The first-order chi connectivity index (χ1) is 8.15. The summed E-state index contributed by atoms with van der Waals surface area (Å²) in [7, 11) is 0. The largest absolute Gasteiger partial charge is 0.281 e. The molecular weight excluding hydrogens is 296 g/mol. The predicted octanol–water partition coefficient (Wildman–Crippen LogP) is 4.69. The van der Waals surface area contributed by atoms with Gasteiger partial charge in [-0.25, -0.2) is 0 Å². The number of rotatable bonds is 2. The van der Waals surface area contributed by atoms with Crippen molar-refractivity contribution in [2.45, 2.75) is 11.8 Å². The van der Waals surface area contributed by atoms with E-state index in [1.807, 2.05) is 55.5 Å². The van der Waals surface area contributed by atoms with E-state index in [4.69, 9.17) is 0 Å². The molecule has 3 heteroatoms. The van der Waals surface area contributed by atoms with Crippen molar-refractivity contribution in [1.82, 2.24) is 0 Å². The summed E-state index contributed by atoms with van der Waals surface area (Å²) in [5.74, 6) is 0. The molecule has 0 aliphatic rings. The van der Waals surface area contributed by atoms with Crippen LogP contribution in [0.1, 0.15) is 15.9 Å². The van der Waals surface area contributed by atoms with Crippen molar-refractivity contribution in [2.24, 2.45) is 0 Å². The second-order valence-corrected chi connectivity index (χ2v) is 5.68. The van der Waals surface area contributed by atoms with Crippen LogP contribution in [0, 0.1) is 6.92 Å². The minimum atomic E-state index is 0.0723. The Balaban J connectivity index is 2.19. The number of hydrogen-bond acceptors (Lipinski definition) is 2. The molecule has 0 radical (unpaired) electrons. The third kappa shape index (κ3) is 3.45. The van der Waals surface area contributed by atoms with Gasteiger partial charge in [0.1, 0.15) is 0 Å². The maximum Gasteiger partial charge on any atom is 0.224 e. The van der Waals surface area contributed by atoms with E-state index in [0.717, 1.165) is 20.5 Å². The van der Waals surface area contributed by atoms with Crippen molar-refractivity contribution in [3.8, 4) is 0 Å². The van der Waals surface area contributed by atoms with Crippen LogP contribution >= 0.6 is 27.7 Å². The summed E-state index contributed by atoms with van der Waals surface area (Å²) >= 11 is 4.69. The quantitative estimate of drug-likeness (QED) is 0.749. The molecule has 0 aliphatic heterocycles. The van der Waals surface area contributed by atoms with Gasteiger partial charge in [0, 0.05) is 14.9 Å². The van der Waals surface area contributed by atoms with Crippen molar-refractivity contribution < 1.29 is 4.79 Å². The average Bonchev–Trinajstić information content (AvgIpc) is 2.28. The van der Waals surface area contributed by atoms with Crippen molar-refractivity contribution >= 4 is 32.8 Å². The van der Waals surface area contributed by atoms with Crippen molar-refractivity contribution in [3.63, 3.8) is 0 Å². The van der Waals surface area contributed by atoms with Crippen LogP contribution in [0.2, 0.25) is 0 Å². The second-order valence-electron chi connectivity index (χ2n) is 3.72. The minimum Gasteiger partial charge on any atom is -0.281 e. The molecule has 0 spiro atoms. The molecule has 0 saturated carbocycles. The van der Waals surface area contributed by atoms with Crippen LogP contribution in [0.5, 0.6) is 0 Å². The maximum atomic E-state index is 12.0. The number of hydrogen-bond donors (Lipinski definition) is 0. The lowest BCUT2D eigenvalue weighted by molar-refractivity contribution is 0.108. The molecule has 0 atom stereocenters. The van der Waals surface area contributed by atoms with Crippen LogP contribution in [0.25, 0.3) is 0 Å². The van der Waals surface area contributed by atoms with Gasteiger partial charge in [0.2, 0.25) is 5.12 Å². The monoisotopic (exact) mass is 306 g/mol. The van der Waals surface area contributed by atoms with Crippen LogP contribution in [0.4, 0.5) is 0 Å². The van der Waals surface area contributed by atoms with E-state index in [9.17, 15) is 4.79 Å². The minimum absolute atomic E-state index is 0.0723. The van der Waals surface area contributed by atoms with Gasteiger partial charge in [0.15, 0.2) is 0 Å². The van der Waals surface area contributed by atoms with E-state index in [0.29, 0.717) is 0 Å². The number of aryl methyl sites for hydroxylation is 1. The summed E-state index contributed by atoms with van der Waals surface area (Å²) in [5.41, 5.74) is 1.87. The molecular formula is C14H11BrOS. The first kappa shape index (κ1) is 12.4. The fourth-order valence-corrected chi connectivity index (χ4v) is 3.16. The Morgan fingerprint density at radius 3 is 2.47 bits per heavy atom. The van der Waals surface area contributed by atoms with Crippen LogP contribution in [-0.2, 0) is 0 Å². The summed E-state index contributed by atoms with van der Waals surface area (Å²) < 4.78 is 1.00. The van der Waals surface area contributed by atoms with Gasteiger partial charge >= 0.3 is 0 Å². The third-order valence-corrected chi connectivity index (χ3v) is 3.59. The van der Waals surface area contributed by atoms with E-state index < -0.39 is 0 Å². The SMILES string of the molecule is Cc1cc(Br)cc(SC(=O)c2ccccc2)c1. The number of carbonyl (C=O) groups excluding carboxylic acids is 1. The number of thioether (sulfide) groups is 1. The highest BCUT2D eigenvalue weighted by molar-refractivity contribution is 9.10. The molecule has 0 heterocycles. The van der Waals surface area contributed by atoms with Crippen molar-refractivity contribution in [3.05, 3.63) is 64.1 Å². The lowest BCUT2D eigenvalue weighted by Crippen LogP contribution is -1.92. The van der Waals surface area contributed by atoms with Crippen LogP contribution < -0.4 is 0 Å². The van der Waals surface area contributed by atoms with Crippen LogP contribution in [0.3, 0.4) is 0 Å². The molecule has 17 heavy (non-hydrogen) atoms. The van der Waals surface area contributed by atoms with Gasteiger partial charge in [0.25, 0.3) is 0 Å². The Morgan fingerprint density at radius 2 is 1.82 bits per heavy atom. The highest BCUT2D eigenvalue weighted by Crippen LogP contribution is 2.26. The molecule has 0 bridgehead atoms. The summed E-state index contributed by atoms with van der Waals surface area (Å²) in [6, 6.07) is 15.3. The first-order valence-corrected chi connectivity index (χ1v) is 6.80. The van der Waals surface area contributed by atoms with E-state index in [1.54, 1.807) is 0 Å². The molecule has 2 aromatic carbocycles. The highest BCUT2D eigenvalue weighted by Gasteiger charge is 2.08. The summed E-state index contributed by atoms with van der Waals surface area (Å²) in [6.45, 7) is 2.02. The Labute approximate surface area is 113 Å². The second kappa shape index (κ2) is 5.52. The van der Waals surface area contributed by atoms with Crippen molar-refractivity contribution in [1.29, 1.82) is 0 Å². The zero-order valence-electron chi connectivity index (χ0n) is 9.31. The fraction of sp³-hybridized carbons (Fsp3) is 0.0714. The summed E-state index contributed by atoms with van der Waals surface area (Å²) in [6.07, 6.45) is 0. The molecule has 0 N–H and O–H groups in total. The van der Waals surface area contributed by atoms with Crippen LogP contribution in [-0.4, -0.2) is 5.12 Å². The molecule has 0 unspecified atom stereocenters. The molecule has 86 valence electrons. The molecule has 2 aromatic rings. The van der Waals surface area contributed by atoms with Gasteiger partial charge in [-0.2, -0.15) is 0 Å². The summed E-state index contributed by atoms with van der Waals surface area (Å²) in [5, 5.41) is 0.0723. The third-order valence-electron chi connectivity index (χ3n) is 2.24. The van der Waals surface area contributed by atoms with E-state index in [1.165, 1.54) is 11.8 Å². The van der Waals surface area contributed by atoms with E-state index in [2.05, 4.69) is 15.9 Å². The number of carbonyl (C=O) groups is 1. The van der Waals surface area contributed by atoms with Crippen molar-refractivity contribution in [2.75, 3.05) is 0 Å². The van der Waals surface area contributed by atoms with E-state index in [-0.39, 0.29) is 5.12 Å². The molecule has 2 rings (SSSR count). The Bertz CT molecular complexity index is 517.